The third-order valence-electron chi connectivity index (χ3n) is 1.75. The standard InChI is InChI=1S/C13H18O4/c1-3-11(14)12(15)9-7-5-6-8-10-13(16)17-4-2/h3,5-12,14-15H,1,4H2,2H3/b6-5+,9-7+,10-8+/t11-,12-/m1/s1. The molecule has 4 heteroatoms. The Morgan fingerprint density at radius 2 is 1.88 bits per heavy atom. The molecule has 0 rings (SSSR count). The zero-order valence-corrected chi connectivity index (χ0v) is 9.82. The van der Waals surface area contributed by atoms with Crippen molar-refractivity contribution < 1.29 is 19.7 Å². The van der Waals surface area contributed by atoms with Crippen LogP contribution in [0.2, 0.25) is 0 Å². The van der Waals surface area contributed by atoms with E-state index in [0.717, 1.165) is 0 Å². The van der Waals surface area contributed by atoms with E-state index in [1.165, 1.54) is 24.3 Å². The Morgan fingerprint density at radius 1 is 1.24 bits per heavy atom. The highest BCUT2D eigenvalue weighted by Gasteiger charge is 2.06. The molecule has 0 bridgehead atoms. The summed E-state index contributed by atoms with van der Waals surface area (Å²) in [5.41, 5.74) is 0. The van der Waals surface area contributed by atoms with E-state index < -0.39 is 18.2 Å². The Labute approximate surface area is 101 Å². The number of hydrogen-bond donors (Lipinski definition) is 2. The summed E-state index contributed by atoms with van der Waals surface area (Å²) in [6, 6.07) is 0. The van der Waals surface area contributed by atoms with Gasteiger partial charge in [0.15, 0.2) is 0 Å². The number of hydrogen-bond acceptors (Lipinski definition) is 4. The number of aliphatic hydroxyl groups is 2. The predicted molar refractivity (Wildman–Crippen MR) is 66.3 cm³/mol. The van der Waals surface area contributed by atoms with Crippen molar-refractivity contribution in [2.75, 3.05) is 6.61 Å². The second kappa shape index (κ2) is 9.57. The van der Waals surface area contributed by atoms with Crippen LogP contribution in [0.25, 0.3) is 0 Å². The molecule has 2 atom stereocenters. The van der Waals surface area contributed by atoms with Crippen molar-refractivity contribution in [1.29, 1.82) is 0 Å². The fraction of sp³-hybridized carbons (Fsp3) is 0.308. The van der Waals surface area contributed by atoms with Crippen LogP contribution in [-0.2, 0) is 9.53 Å². The molecule has 17 heavy (non-hydrogen) atoms. The predicted octanol–water partition coefficient (Wildman–Crippen LogP) is 1.13. The van der Waals surface area contributed by atoms with Gasteiger partial charge >= 0.3 is 5.97 Å². The number of aliphatic hydroxyl groups excluding tert-OH is 2. The first-order valence-corrected chi connectivity index (χ1v) is 5.28. The lowest BCUT2D eigenvalue weighted by Crippen LogP contribution is -2.20. The number of carbonyl (C=O) groups is 1. The molecule has 0 unspecified atom stereocenters. The molecule has 0 spiro atoms. The highest BCUT2D eigenvalue weighted by Crippen LogP contribution is 1.96. The monoisotopic (exact) mass is 238 g/mol. The van der Waals surface area contributed by atoms with Gasteiger partial charge in [-0.25, -0.2) is 4.79 Å². The van der Waals surface area contributed by atoms with Gasteiger partial charge in [0, 0.05) is 6.08 Å². The Bertz CT molecular complexity index is 315. The van der Waals surface area contributed by atoms with E-state index in [0.29, 0.717) is 6.61 Å². The van der Waals surface area contributed by atoms with Crippen LogP contribution < -0.4 is 0 Å². The smallest absolute Gasteiger partial charge is 0.330 e. The summed E-state index contributed by atoms with van der Waals surface area (Å²) < 4.78 is 4.67. The summed E-state index contributed by atoms with van der Waals surface area (Å²) in [6.07, 6.45) is 8.32. The molecular formula is C13H18O4. The fourth-order valence-electron chi connectivity index (χ4n) is 0.884. The minimum absolute atomic E-state index is 0.346. The minimum atomic E-state index is -0.980. The second-order valence-corrected chi connectivity index (χ2v) is 3.10. The van der Waals surface area contributed by atoms with E-state index in [-0.39, 0.29) is 0 Å². The van der Waals surface area contributed by atoms with Gasteiger partial charge in [-0.05, 0) is 6.92 Å². The summed E-state index contributed by atoms with van der Waals surface area (Å²) in [5, 5.41) is 18.4. The van der Waals surface area contributed by atoms with Crippen LogP contribution in [0.1, 0.15) is 6.92 Å². The van der Waals surface area contributed by atoms with Crippen LogP contribution in [0.15, 0.2) is 49.1 Å². The van der Waals surface area contributed by atoms with E-state index in [1.807, 2.05) is 0 Å². The number of carbonyl (C=O) groups excluding carboxylic acids is 1. The molecule has 2 N–H and O–H groups in total. The maximum Gasteiger partial charge on any atom is 0.330 e. The van der Waals surface area contributed by atoms with Crippen LogP contribution in [0.5, 0.6) is 0 Å². The van der Waals surface area contributed by atoms with E-state index in [9.17, 15) is 9.90 Å². The average molecular weight is 238 g/mol. The molecule has 0 aromatic heterocycles. The first-order chi connectivity index (χ1) is 8.11. The SMILES string of the molecule is C=C[C@@H](O)[C@H](O)/C=C/C=C/C=C/C(=O)OCC. The lowest BCUT2D eigenvalue weighted by molar-refractivity contribution is -0.137. The molecule has 0 aromatic rings. The third-order valence-corrected chi connectivity index (χ3v) is 1.75. The van der Waals surface area contributed by atoms with E-state index in [2.05, 4.69) is 11.3 Å². The van der Waals surface area contributed by atoms with Gasteiger partial charge in [-0.15, -0.1) is 6.58 Å². The Morgan fingerprint density at radius 3 is 2.47 bits per heavy atom. The summed E-state index contributed by atoms with van der Waals surface area (Å²) in [4.78, 5) is 10.9. The van der Waals surface area contributed by atoms with Crippen LogP contribution in [0.4, 0.5) is 0 Å². The van der Waals surface area contributed by atoms with Gasteiger partial charge in [0.1, 0.15) is 12.2 Å². The zero-order chi connectivity index (χ0) is 13.1. The molecule has 4 nitrogen and oxygen atoms in total. The van der Waals surface area contributed by atoms with Crippen molar-refractivity contribution in [2.24, 2.45) is 0 Å². The van der Waals surface area contributed by atoms with Crippen LogP contribution in [0, 0.1) is 0 Å². The van der Waals surface area contributed by atoms with Gasteiger partial charge in [-0.2, -0.15) is 0 Å². The van der Waals surface area contributed by atoms with Gasteiger partial charge in [0.2, 0.25) is 0 Å². The number of ether oxygens (including phenoxy) is 1. The van der Waals surface area contributed by atoms with Crippen LogP contribution in [-0.4, -0.2) is 35.0 Å². The van der Waals surface area contributed by atoms with Crippen molar-refractivity contribution in [3.05, 3.63) is 49.1 Å². The molecule has 0 amide bonds. The maximum atomic E-state index is 10.9. The molecule has 0 aliphatic carbocycles. The Kier molecular flexibility index (Phi) is 8.64. The molecule has 0 heterocycles. The lowest BCUT2D eigenvalue weighted by atomic mass is 10.2. The van der Waals surface area contributed by atoms with Crippen molar-refractivity contribution in [1.82, 2.24) is 0 Å². The number of allylic oxidation sites excluding steroid dienone is 4. The van der Waals surface area contributed by atoms with Crippen molar-refractivity contribution in [2.45, 2.75) is 19.1 Å². The maximum absolute atomic E-state index is 10.9. The highest BCUT2D eigenvalue weighted by atomic mass is 16.5. The molecule has 0 aliphatic rings. The van der Waals surface area contributed by atoms with Gasteiger partial charge in [-0.1, -0.05) is 36.5 Å². The molecule has 0 fully saturated rings. The molecule has 0 radical (unpaired) electrons. The third kappa shape index (κ3) is 8.19. The lowest BCUT2D eigenvalue weighted by Gasteiger charge is -2.07. The van der Waals surface area contributed by atoms with Gasteiger partial charge < -0.3 is 14.9 Å². The van der Waals surface area contributed by atoms with Crippen molar-refractivity contribution >= 4 is 5.97 Å². The normalized spacial score (nSPS) is 15.5. The van der Waals surface area contributed by atoms with Crippen LogP contribution >= 0.6 is 0 Å². The van der Waals surface area contributed by atoms with Gasteiger partial charge in [-0.3, -0.25) is 0 Å². The molecule has 94 valence electrons. The van der Waals surface area contributed by atoms with E-state index in [4.69, 9.17) is 5.11 Å². The zero-order valence-electron chi connectivity index (χ0n) is 9.82. The molecular weight excluding hydrogens is 220 g/mol. The summed E-state index contributed by atoms with van der Waals surface area (Å²) >= 11 is 0. The fourth-order valence-corrected chi connectivity index (χ4v) is 0.884. The number of esters is 1. The van der Waals surface area contributed by atoms with E-state index in [1.54, 1.807) is 25.2 Å². The highest BCUT2D eigenvalue weighted by molar-refractivity contribution is 5.82. The quantitative estimate of drug-likeness (QED) is 0.302. The van der Waals surface area contributed by atoms with Crippen molar-refractivity contribution in [3.63, 3.8) is 0 Å². The summed E-state index contributed by atoms with van der Waals surface area (Å²) in [5.74, 6) is -0.400. The van der Waals surface area contributed by atoms with E-state index >= 15 is 0 Å². The summed E-state index contributed by atoms with van der Waals surface area (Å²) in [7, 11) is 0. The first kappa shape index (κ1) is 15.3. The van der Waals surface area contributed by atoms with Gasteiger partial charge in [0.25, 0.3) is 0 Å². The minimum Gasteiger partial charge on any atom is -0.463 e. The first-order valence-electron chi connectivity index (χ1n) is 5.28. The average Bonchev–Trinajstić information content (AvgIpc) is 2.32. The Balaban J connectivity index is 3.99. The Hall–Kier alpha value is -1.65. The molecule has 0 saturated heterocycles. The molecule has 0 aliphatic heterocycles. The van der Waals surface area contributed by atoms with Crippen molar-refractivity contribution in [3.8, 4) is 0 Å². The molecule has 0 saturated carbocycles. The largest absolute Gasteiger partial charge is 0.463 e. The summed E-state index contributed by atoms with van der Waals surface area (Å²) in [6.45, 7) is 5.43. The molecule has 0 aromatic carbocycles. The second-order valence-electron chi connectivity index (χ2n) is 3.10. The van der Waals surface area contributed by atoms with Crippen LogP contribution in [0.3, 0.4) is 0 Å². The topological polar surface area (TPSA) is 66.8 Å². The van der Waals surface area contributed by atoms with Gasteiger partial charge in [0.05, 0.1) is 6.61 Å². The number of rotatable bonds is 7.